The van der Waals surface area contributed by atoms with Gasteiger partial charge in [-0.1, -0.05) is 12.2 Å². The van der Waals surface area contributed by atoms with E-state index in [0.717, 1.165) is 24.7 Å². The zero-order valence-electron chi connectivity index (χ0n) is 9.49. The minimum Gasteiger partial charge on any atom is -0.513 e. The molecule has 2 unspecified atom stereocenters. The van der Waals surface area contributed by atoms with Crippen molar-refractivity contribution in [2.75, 3.05) is 0 Å². The smallest absolute Gasteiger partial charge is 0.0883 e. The summed E-state index contributed by atoms with van der Waals surface area (Å²) in [5, 5.41) is 9.30. The fraction of sp³-hybridized carbons (Fsp3) is 0.714. The van der Waals surface area contributed by atoms with Gasteiger partial charge < -0.3 is 5.11 Å². The molecular formula is C14H22O. The van der Waals surface area contributed by atoms with E-state index in [1.165, 1.54) is 38.5 Å². The van der Waals surface area contributed by atoms with E-state index in [2.05, 4.69) is 12.2 Å². The topological polar surface area (TPSA) is 20.2 Å². The molecule has 15 heavy (non-hydrogen) atoms. The summed E-state index contributed by atoms with van der Waals surface area (Å²) in [6, 6.07) is 0. The number of aliphatic hydroxyl groups is 1. The van der Waals surface area contributed by atoms with E-state index in [0.29, 0.717) is 5.76 Å². The van der Waals surface area contributed by atoms with Gasteiger partial charge in [-0.25, -0.2) is 0 Å². The van der Waals surface area contributed by atoms with Crippen molar-refractivity contribution in [3.63, 3.8) is 0 Å². The summed E-state index contributed by atoms with van der Waals surface area (Å²) in [4.78, 5) is 0. The maximum atomic E-state index is 9.30. The summed E-state index contributed by atoms with van der Waals surface area (Å²) < 4.78 is 0. The molecular weight excluding hydrogens is 184 g/mol. The molecule has 0 saturated heterocycles. The first-order chi connectivity index (χ1) is 7.34. The Labute approximate surface area is 92.9 Å². The van der Waals surface area contributed by atoms with E-state index in [4.69, 9.17) is 0 Å². The third-order valence-corrected chi connectivity index (χ3v) is 3.86. The normalized spacial score (nSPS) is 31.3. The Morgan fingerprint density at radius 1 is 1.07 bits per heavy atom. The highest BCUT2D eigenvalue weighted by molar-refractivity contribution is 4.97. The molecule has 1 heteroatoms. The summed E-state index contributed by atoms with van der Waals surface area (Å²) in [7, 11) is 0. The molecule has 0 saturated carbocycles. The quantitative estimate of drug-likeness (QED) is 0.680. The molecule has 0 aromatic carbocycles. The Hall–Kier alpha value is -0.720. The van der Waals surface area contributed by atoms with Crippen LogP contribution in [0.4, 0.5) is 0 Å². The van der Waals surface area contributed by atoms with Gasteiger partial charge in [0, 0.05) is 6.42 Å². The van der Waals surface area contributed by atoms with Crippen molar-refractivity contribution in [3.8, 4) is 0 Å². The Bertz CT molecular complexity index is 252. The highest BCUT2D eigenvalue weighted by Crippen LogP contribution is 2.30. The lowest BCUT2D eigenvalue weighted by molar-refractivity contribution is 0.307. The van der Waals surface area contributed by atoms with Gasteiger partial charge >= 0.3 is 0 Å². The molecule has 2 aliphatic carbocycles. The highest BCUT2D eigenvalue weighted by Gasteiger charge is 2.16. The summed E-state index contributed by atoms with van der Waals surface area (Å²) in [5.41, 5.74) is 0. The van der Waals surface area contributed by atoms with E-state index < -0.39 is 0 Å². The number of hydrogen-bond acceptors (Lipinski definition) is 1. The molecule has 0 spiro atoms. The monoisotopic (exact) mass is 206 g/mol. The molecule has 0 radical (unpaired) electrons. The van der Waals surface area contributed by atoms with Crippen LogP contribution in [0.25, 0.3) is 0 Å². The van der Waals surface area contributed by atoms with Gasteiger partial charge in [0.25, 0.3) is 0 Å². The van der Waals surface area contributed by atoms with Crippen LogP contribution in [0, 0.1) is 11.8 Å². The van der Waals surface area contributed by atoms with E-state index >= 15 is 0 Å². The first kappa shape index (κ1) is 10.8. The maximum absolute atomic E-state index is 9.30. The van der Waals surface area contributed by atoms with Crippen molar-refractivity contribution in [2.24, 2.45) is 11.8 Å². The number of hydrogen-bond donors (Lipinski definition) is 1. The van der Waals surface area contributed by atoms with Crippen LogP contribution in [0.3, 0.4) is 0 Å². The van der Waals surface area contributed by atoms with Crippen LogP contribution in [-0.4, -0.2) is 5.11 Å². The second-order valence-corrected chi connectivity index (χ2v) is 5.06. The van der Waals surface area contributed by atoms with Crippen LogP contribution < -0.4 is 0 Å². The van der Waals surface area contributed by atoms with E-state index in [1.807, 2.05) is 6.08 Å². The van der Waals surface area contributed by atoms with Crippen LogP contribution in [0.5, 0.6) is 0 Å². The van der Waals surface area contributed by atoms with Crippen molar-refractivity contribution < 1.29 is 5.11 Å². The van der Waals surface area contributed by atoms with Crippen molar-refractivity contribution in [1.29, 1.82) is 0 Å². The predicted molar refractivity (Wildman–Crippen MR) is 63.8 cm³/mol. The summed E-state index contributed by atoms with van der Waals surface area (Å²) in [5.74, 6) is 2.40. The van der Waals surface area contributed by atoms with Gasteiger partial charge in [0.05, 0.1) is 5.76 Å². The van der Waals surface area contributed by atoms with Crippen molar-refractivity contribution >= 4 is 0 Å². The molecule has 0 fully saturated rings. The van der Waals surface area contributed by atoms with Crippen molar-refractivity contribution in [2.45, 2.75) is 51.4 Å². The number of allylic oxidation sites excluding steroid dienone is 4. The first-order valence-electron chi connectivity index (χ1n) is 6.37. The predicted octanol–water partition coefficient (Wildman–Crippen LogP) is 4.36. The third kappa shape index (κ3) is 3.40. The molecule has 0 aromatic heterocycles. The molecule has 1 N–H and O–H groups in total. The molecule has 1 nitrogen and oxygen atoms in total. The summed E-state index contributed by atoms with van der Waals surface area (Å²) in [6.07, 6.45) is 16.6. The fourth-order valence-corrected chi connectivity index (χ4v) is 2.73. The van der Waals surface area contributed by atoms with Crippen LogP contribution in [0.2, 0.25) is 0 Å². The third-order valence-electron chi connectivity index (χ3n) is 3.86. The molecule has 2 atom stereocenters. The maximum Gasteiger partial charge on any atom is 0.0883 e. The second kappa shape index (κ2) is 5.39. The lowest BCUT2D eigenvalue weighted by Crippen LogP contribution is -2.09. The van der Waals surface area contributed by atoms with Gasteiger partial charge in [-0.2, -0.15) is 0 Å². The van der Waals surface area contributed by atoms with E-state index in [1.54, 1.807) is 0 Å². The molecule has 0 heterocycles. The lowest BCUT2D eigenvalue weighted by Gasteiger charge is -2.23. The van der Waals surface area contributed by atoms with Crippen molar-refractivity contribution in [1.82, 2.24) is 0 Å². The Balaban J connectivity index is 1.67. The largest absolute Gasteiger partial charge is 0.513 e. The van der Waals surface area contributed by atoms with Gasteiger partial charge in [0.2, 0.25) is 0 Å². The highest BCUT2D eigenvalue weighted by atomic mass is 16.3. The van der Waals surface area contributed by atoms with Gasteiger partial charge in [-0.3, -0.25) is 0 Å². The Morgan fingerprint density at radius 2 is 1.87 bits per heavy atom. The molecule has 0 bridgehead atoms. The fourth-order valence-electron chi connectivity index (χ4n) is 2.73. The lowest BCUT2D eigenvalue weighted by atomic mass is 9.83. The van der Waals surface area contributed by atoms with Gasteiger partial charge in [-0.15, -0.1) is 0 Å². The second-order valence-electron chi connectivity index (χ2n) is 5.06. The van der Waals surface area contributed by atoms with Crippen LogP contribution in [-0.2, 0) is 0 Å². The molecule has 0 aromatic rings. The minimum atomic E-state index is 0.617. The zero-order chi connectivity index (χ0) is 10.5. The standard InChI is InChI=1S/C14H22O/c15-14-10-8-13(9-11-14)7-6-12-4-2-1-3-5-12/h1-2,10,12-13,15H,3-9,11H2. The van der Waals surface area contributed by atoms with Crippen LogP contribution in [0.1, 0.15) is 51.4 Å². The zero-order valence-corrected chi connectivity index (χ0v) is 9.49. The Kier molecular flexibility index (Phi) is 3.87. The van der Waals surface area contributed by atoms with Gasteiger partial charge in [0.15, 0.2) is 0 Å². The van der Waals surface area contributed by atoms with E-state index in [9.17, 15) is 5.11 Å². The van der Waals surface area contributed by atoms with Gasteiger partial charge in [0.1, 0.15) is 0 Å². The number of rotatable bonds is 3. The average molecular weight is 206 g/mol. The van der Waals surface area contributed by atoms with Crippen LogP contribution >= 0.6 is 0 Å². The molecule has 2 rings (SSSR count). The summed E-state index contributed by atoms with van der Waals surface area (Å²) in [6.45, 7) is 0. The summed E-state index contributed by atoms with van der Waals surface area (Å²) >= 11 is 0. The first-order valence-corrected chi connectivity index (χ1v) is 6.37. The van der Waals surface area contributed by atoms with Gasteiger partial charge in [-0.05, 0) is 62.9 Å². The minimum absolute atomic E-state index is 0.617. The molecule has 84 valence electrons. The van der Waals surface area contributed by atoms with Crippen LogP contribution in [0.15, 0.2) is 24.0 Å². The van der Waals surface area contributed by atoms with Crippen molar-refractivity contribution in [3.05, 3.63) is 24.0 Å². The molecule has 0 aliphatic heterocycles. The number of aliphatic hydroxyl groups excluding tert-OH is 1. The molecule has 0 amide bonds. The van der Waals surface area contributed by atoms with E-state index in [-0.39, 0.29) is 0 Å². The Morgan fingerprint density at radius 3 is 2.47 bits per heavy atom. The SMILES string of the molecule is OC1=CCC(CCC2CC=CCC2)CC1. The average Bonchev–Trinajstić information content (AvgIpc) is 2.30. The molecule has 2 aliphatic rings.